The molecule has 0 unspecified atom stereocenters. The molecule has 0 fully saturated rings. The predicted octanol–water partition coefficient (Wildman–Crippen LogP) is 1.48. The molecule has 0 saturated heterocycles. The fourth-order valence-corrected chi connectivity index (χ4v) is 1.11. The lowest BCUT2D eigenvalue weighted by atomic mass is 10.0. The molecule has 0 bridgehead atoms. The Balaban J connectivity index is 3.19. The van der Waals surface area contributed by atoms with Crippen LogP contribution in [0.1, 0.15) is 6.92 Å². The van der Waals surface area contributed by atoms with Gasteiger partial charge in [0.05, 0.1) is 5.70 Å². The summed E-state index contributed by atoms with van der Waals surface area (Å²) in [5, 5.41) is 0.0787. The largest absolute Gasteiger partial charge is 0.397 e. The summed E-state index contributed by atoms with van der Waals surface area (Å²) in [5.74, 6) is -0.212. The van der Waals surface area contributed by atoms with Gasteiger partial charge in [0.2, 0.25) is 5.78 Å². The normalized spacial score (nSPS) is 18.9. The van der Waals surface area contributed by atoms with Crippen LogP contribution in [0.15, 0.2) is 34.5 Å². The summed E-state index contributed by atoms with van der Waals surface area (Å²) in [5.41, 5.74) is 6.92. The molecule has 0 spiro atoms. The van der Waals surface area contributed by atoms with Crippen LogP contribution < -0.4 is 5.73 Å². The topological polar surface area (TPSA) is 43.1 Å². The Kier molecular flexibility index (Phi) is 1.87. The van der Waals surface area contributed by atoms with Crippen LogP contribution in [0.4, 0.5) is 0 Å². The van der Waals surface area contributed by atoms with E-state index in [0.29, 0.717) is 11.1 Å². The molecule has 0 saturated carbocycles. The molecule has 0 aromatic carbocycles. The van der Waals surface area contributed by atoms with Crippen molar-refractivity contribution in [2.24, 2.45) is 5.73 Å². The zero-order valence-electron chi connectivity index (χ0n) is 6.15. The monoisotopic (exact) mass is 169 g/mol. The molecule has 58 valence electrons. The van der Waals surface area contributed by atoms with Crippen molar-refractivity contribution in [2.75, 3.05) is 0 Å². The zero-order valence-corrected chi connectivity index (χ0v) is 6.90. The third-order valence-corrected chi connectivity index (χ3v) is 1.91. The summed E-state index contributed by atoms with van der Waals surface area (Å²) in [6.45, 7) is 5.32. The van der Waals surface area contributed by atoms with Gasteiger partial charge in [-0.25, -0.2) is 0 Å². The van der Waals surface area contributed by atoms with Gasteiger partial charge in [-0.3, -0.25) is 4.79 Å². The van der Waals surface area contributed by atoms with Crippen molar-refractivity contribution in [3.05, 3.63) is 34.5 Å². The number of halogens is 1. The molecule has 1 aliphatic rings. The first-order valence-electron chi connectivity index (χ1n) is 3.11. The maximum absolute atomic E-state index is 11.1. The first-order chi connectivity index (χ1) is 5.04. The minimum atomic E-state index is -0.212. The van der Waals surface area contributed by atoms with E-state index in [-0.39, 0.29) is 16.5 Å². The van der Waals surface area contributed by atoms with Crippen molar-refractivity contribution in [3.8, 4) is 0 Å². The highest BCUT2D eigenvalue weighted by Gasteiger charge is 2.18. The van der Waals surface area contributed by atoms with Gasteiger partial charge in [-0.15, -0.1) is 0 Å². The molecule has 1 aliphatic carbocycles. The zero-order chi connectivity index (χ0) is 8.59. The molecular weight excluding hydrogens is 162 g/mol. The SMILES string of the molecule is C=C1C=C(C)C(=O)C(Cl)=C1N. The number of nitrogens with two attached hydrogens (primary N) is 1. The third-order valence-electron chi connectivity index (χ3n) is 1.53. The highest BCUT2D eigenvalue weighted by Crippen LogP contribution is 2.23. The van der Waals surface area contributed by atoms with Crippen molar-refractivity contribution < 1.29 is 4.79 Å². The van der Waals surface area contributed by atoms with Crippen molar-refractivity contribution in [1.82, 2.24) is 0 Å². The minimum absolute atomic E-state index is 0.0787. The van der Waals surface area contributed by atoms with E-state index in [1.54, 1.807) is 13.0 Å². The summed E-state index contributed by atoms with van der Waals surface area (Å²) in [7, 11) is 0. The summed E-state index contributed by atoms with van der Waals surface area (Å²) in [4.78, 5) is 11.1. The molecule has 0 aromatic heterocycles. The second kappa shape index (κ2) is 2.55. The summed E-state index contributed by atoms with van der Waals surface area (Å²) in [6, 6.07) is 0. The third kappa shape index (κ3) is 1.21. The Morgan fingerprint density at radius 3 is 2.73 bits per heavy atom. The van der Waals surface area contributed by atoms with Gasteiger partial charge in [0, 0.05) is 0 Å². The van der Waals surface area contributed by atoms with Crippen molar-refractivity contribution in [3.63, 3.8) is 0 Å². The lowest BCUT2D eigenvalue weighted by Gasteiger charge is -2.11. The van der Waals surface area contributed by atoms with Crippen molar-refractivity contribution in [2.45, 2.75) is 6.92 Å². The number of hydrogen-bond donors (Lipinski definition) is 1. The van der Waals surface area contributed by atoms with E-state index in [0.717, 1.165) is 0 Å². The molecule has 1 rings (SSSR count). The van der Waals surface area contributed by atoms with Crippen LogP contribution in [0.25, 0.3) is 0 Å². The molecule has 0 heterocycles. The molecule has 0 aromatic rings. The molecule has 0 atom stereocenters. The first kappa shape index (κ1) is 8.08. The number of Topliss-reactive ketones (excluding diaryl/α,β-unsaturated/α-hetero) is 1. The highest BCUT2D eigenvalue weighted by atomic mass is 35.5. The van der Waals surface area contributed by atoms with Gasteiger partial charge in [0.15, 0.2) is 0 Å². The van der Waals surface area contributed by atoms with Crippen LogP contribution in [0.3, 0.4) is 0 Å². The smallest absolute Gasteiger partial charge is 0.202 e. The first-order valence-corrected chi connectivity index (χ1v) is 3.49. The lowest BCUT2D eigenvalue weighted by Crippen LogP contribution is -2.14. The highest BCUT2D eigenvalue weighted by molar-refractivity contribution is 6.46. The van der Waals surface area contributed by atoms with Crippen LogP contribution in [-0.2, 0) is 4.79 Å². The van der Waals surface area contributed by atoms with Gasteiger partial charge in [-0.1, -0.05) is 18.2 Å². The fraction of sp³-hybridized carbons (Fsp3) is 0.125. The van der Waals surface area contributed by atoms with Crippen LogP contribution in [-0.4, -0.2) is 5.78 Å². The average Bonchev–Trinajstić information content (AvgIpc) is 1.97. The van der Waals surface area contributed by atoms with Gasteiger partial charge < -0.3 is 5.73 Å². The van der Waals surface area contributed by atoms with E-state index in [4.69, 9.17) is 17.3 Å². The molecule has 0 radical (unpaired) electrons. The van der Waals surface area contributed by atoms with Crippen molar-refractivity contribution >= 4 is 17.4 Å². The summed E-state index contributed by atoms with van der Waals surface area (Å²) >= 11 is 5.61. The number of rotatable bonds is 0. The molecule has 2 nitrogen and oxygen atoms in total. The molecule has 2 N–H and O–H groups in total. The Bertz CT molecular complexity index is 299. The standard InChI is InChI=1S/C8H8ClNO/c1-4-3-5(2)8(11)6(9)7(4)10/h3H,1,10H2,2H3. The maximum atomic E-state index is 11.1. The van der Waals surface area contributed by atoms with Gasteiger partial charge in [-0.2, -0.15) is 0 Å². The molecule has 11 heavy (non-hydrogen) atoms. The number of carbonyl (C=O) groups is 1. The minimum Gasteiger partial charge on any atom is -0.397 e. The molecule has 0 aliphatic heterocycles. The van der Waals surface area contributed by atoms with Crippen LogP contribution in [0, 0.1) is 0 Å². The number of hydrogen-bond acceptors (Lipinski definition) is 2. The van der Waals surface area contributed by atoms with Gasteiger partial charge in [0.25, 0.3) is 0 Å². The van der Waals surface area contributed by atoms with E-state index in [9.17, 15) is 4.79 Å². The van der Waals surface area contributed by atoms with E-state index in [1.165, 1.54) is 0 Å². The van der Waals surface area contributed by atoms with Crippen LogP contribution in [0.5, 0.6) is 0 Å². The lowest BCUT2D eigenvalue weighted by molar-refractivity contribution is -0.111. The number of carbonyl (C=O) groups excluding carboxylic acids is 1. The van der Waals surface area contributed by atoms with E-state index >= 15 is 0 Å². The fourth-order valence-electron chi connectivity index (χ4n) is 0.841. The molecule has 0 amide bonds. The van der Waals surface area contributed by atoms with Gasteiger partial charge in [-0.05, 0) is 24.1 Å². The predicted molar refractivity (Wildman–Crippen MR) is 45.0 cm³/mol. The van der Waals surface area contributed by atoms with Crippen LogP contribution in [0.2, 0.25) is 0 Å². The van der Waals surface area contributed by atoms with E-state index in [2.05, 4.69) is 6.58 Å². The summed E-state index contributed by atoms with van der Waals surface area (Å²) in [6.07, 6.45) is 1.63. The Hall–Kier alpha value is -1.02. The van der Waals surface area contributed by atoms with Crippen molar-refractivity contribution in [1.29, 1.82) is 0 Å². The van der Waals surface area contributed by atoms with Gasteiger partial charge >= 0.3 is 0 Å². The number of ketones is 1. The second-order valence-electron chi connectivity index (χ2n) is 2.41. The summed E-state index contributed by atoms with van der Waals surface area (Å²) < 4.78 is 0. The van der Waals surface area contributed by atoms with Gasteiger partial charge in [0.1, 0.15) is 5.03 Å². The van der Waals surface area contributed by atoms with E-state index in [1.807, 2.05) is 0 Å². The Morgan fingerprint density at radius 1 is 1.64 bits per heavy atom. The number of allylic oxidation sites excluding steroid dienone is 3. The Morgan fingerprint density at radius 2 is 2.18 bits per heavy atom. The maximum Gasteiger partial charge on any atom is 0.202 e. The second-order valence-corrected chi connectivity index (χ2v) is 2.79. The van der Waals surface area contributed by atoms with Crippen LogP contribution >= 0.6 is 11.6 Å². The van der Waals surface area contributed by atoms with E-state index < -0.39 is 0 Å². The molecular formula is C8H8ClNO. The average molecular weight is 170 g/mol. The molecule has 3 heteroatoms. The Labute approximate surface area is 70.0 Å². The quantitative estimate of drug-likeness (QED) is 0.597.